The molecule has 14 N–H and O–H groups in total. The largest absolute Gasteiger partial charge is 0.370 e. The number of aliphatic imine (C=N–C) groups is 1. The van der Waals surface area contributed by atoms with E-state index < -0.39 is 59.6 Å². The number of nitrogens with two attached hydrogens (primary N) is 4. The number of guanidine groups is 1. The average Bonchev–Trinajstić information content (AvgIpc) is 3.53. The van der Waals surface area contributed by atoms with Gasteiger partial charge in [0.1, 0.15) is 24.2 Å². The lowest BCUT2D eigenvalue weighted by Gasteiger charge is -2.26. The molecule has 0 aliphatic carbocycles. The average molecular weight is 693 g/mol. The molecule has 19 nitrogen and oxygen atoms in total. The number of hydrogen-bond donors (Lipinski definition) is 10. The van der Waals surface area contributed by atoms with Gasteiger partial charge in [0.05, 0.1) is 6.33 Å². The van der Waals surface area contributed by atoms with Crippen molar-refractivity contribution < 1.29 is 33.6 Å². The van der Waals surface area contributed by atoms with Crippen LogP contribution in [0, 0.1) is 0 Å². The van der Waals surface area contributed by atoms with Crippen LogP contribution < -0.4 is 49.5 Å². The highest BCUT2D eigenvalue weighted by molar-refractivity contribution is 5.95. The zero-order chi connectivity index (χ0) is 36.8. The van der Waals surface area contributed by atoms with Gasteiger partial charge in [-0.25, -0.2) is 4.98 Å². The minimum Gasteiger partial charge on any atom is -0.370 e. The molecule has 0 aromatic carbocycles. The number of nitrogens with zero attached hydrogens (tertiary/aromatic N) is 2. The highest BCUT2D eigenvalue weighted by Gasteiger charge is 2.31. The second-order valence-electron chi connectivity index (χ2n) is 11.6. The molecule has 274 valence electrons. The van der Waals surface area contributed by atoms with Crippen molar-refractivity contribution in [1.82, 2.24) is 36.6 Å². The van der Waals surface area contributed by atoms with E-state index in [1.807, 2.05) is 0 Å². The Kier molecular flexibility index (Phi) is 19.7. The fraction of sp³-hybridized carbons (Fsp3) is 0.633. The Hall–Kier alpha value is -5.23. The van der Waals surface area contributed by atoms with Gasteiger partial charge in [0.2, 0.25) is 41.4 Å². The molecule has 0 spiro atoms. The van der Waals surface area contributed by atoms with E-state index in [1.165, 1.54) is 26.4 Å². The van der Waals surface area contributed by atoms with Gasteiger partial charge < -0.3 is 54.5 Å². The first-order valence-electron chi connectivity index (χ1n) is 16.2. The normalized spacial score (nSPS) is 13.1. The molecule has 0 aliphatic heterocycles. The maximum atomic E-state index is 13.7. The quantitative estimate of drug-likeness (QED) is 0.0285. The predicted molar refractivity (Wildman–Crippen MR) is 180 cm³/mol. The van der Waals surface area contributed by atoms with Crippen molar-refractivity contribution in [3.8, 4) is 0 Å². The SMILES string of the molecule is CC(=O)NCCCC[C@H](NC(=O)[C@H](Cc1cnc[nH]1)NC(=O)[C@H](CCCN=C(N)N)NC(C)=O)C(=O)N[C@@H](CCCCCC(N)=O)C(N)=O. The number of rotatable bonds is 25. The van der Waals surface area contributed by atoms with E-state index in [9.17, 15) is 33.6 Å². The van der Waals surface area contributed by atoms with Crippen molar-refractivity contribution in [2.24, 2.45) is 27.9 Å². The summed E-state index contributed by atoms with van der Waals surface area (Å²) in [4.78, 5) is 97.6. The molecule has 0 saturated carbocycles. The Morgan fingerprint density at radius 2 is 1.29 bits per heavy atom. The maximum Gasteiger partial charge on any atom is 0.243 e. The number of aromatic amines is 1. The van der Waals surface area contributed by atoms with Crippen molar-refractivity contribution >= 4 is 47.3 Å². The third kappa shape index (κ3) is 19.3. The number of carbonyl (C=O) groups excluding carboxylic acids is 7. The fourth-order valence-electron chi connectivity index (χ4n) is 4.78. The van der Waals surface area contributed by atoms with Crippen LogP contribution in [0.25, 0.3) is 0 Å². The summed E-state index contributed by atoms with van der Waals surface area (Å²) in [6.45, 7) is 3.19. The van der Waals surface area contributed by atoms with E-state index in [0.717, 1.165) is 0 Å². The Bertz CT molecular complexity index is 1270. The number of aromatic nitrogens is 2. The van der Waals surface area contributed by atoms with E-state index >= 15 is 0 Å². The lowest BCUT2D eigenvalue weighted by Crippen LogP contribution is -2.58. The summed E-state index contributed by atoms with van der Waals surface area (Å²) in [5.41, 5.74) is 21.9. The summed E-state index contributed by atoms with van der Waals surface area (Å²) in [7, 11) is 0. The van der Waals surface area contributed by atoms with Gasteiger partial charge in [0.15, 0.2) is 5.96 Å². The third-order valence-electron chi connectivity index (χ3n) is 7.25. The Labute approximate surface area is 285 Å². The zero-order valence-corrected chi connectivity index (χ0v) is 28.2. The highest BCUT2D eigenvalue weighted by Crippen LogP contribution is 2.09. The summed E-state index contributed by atoms with van der Waals surface area (Å²) >= 11 is 0. The van der Waals surface area contributed by atoms with E-state index in [-0.39, 0.29) is 50.5 Å². The highest BCUT2D eigenvalue weighted by atomic mass is 16.2. The zero-order valence-electron chi connectivity index (χ0n) is 28.2. The molecule has 0 bridgehead atoms. The van der Waals surface area contributed by atoms with Gasteiger partial charge >= 0.3 is 0 Å². The molecule has 19 heteroatoms. The standard InChI is InChI=1S/C30H52N12O7/c1-18(43)36-13-7-6-10-23(28(48)40-21(26(32)46)9-4-3-5-12-25(31)45)41-29(49)24(15-20-16-35-17-38-20)42-27(47)22(39-19(2)44)11-8-14-37-30(33)34/h16-17,21-24H,3-15H2,1-2H3,(H2,31,45)(H2,32,46)(H,35,38)(H,36,43)(H,39,44)(H,40,48)(H,41,49)(H,42,47)(H4,33,34,37)/t21-,22-,23-,24-/m0/s1. The van der Waals surface area contributed by atoms with Crippen molar-refractivity contribution in [2.45, 2.75) is 109 Å². The molecule has 49 heavy (non-hydrogen) atoms. The topological polar surface area (TPSA) is 325 Å². The molecule has 0 radical (unpaired) electrons. The van der Waals surface area contributed by atoms with Crippen LogP contribution in [0.3, 0.4) is 0 Å². The first-order valence-corrected chi connectivity index (χ1v) is 16.2. The summed E-state index contributed by atoms with van der Waals surface area (Å²) in [6, 6.07) is -4.42. The smallest absolute Gasteiger partial charge is 0.243 e. The van der Waals surface area contributed by atoms with Crippen LogP contribution in [0.1, 0.15) is 83.7 Å². The number of hydrogen-bond acceptors (Lipinski definition) is 9. The number of imidazole rings is 1. The molecule has 0 fully saturated rings. The van der Waals surface area contributed by atoms with Gasteiger partial charge in [-0.15, -0.1) is 0 Å². The van der Waals surface area contributed by atoms with Crippen molar-refractivity contribution in [3.05, 3.63) is 18.2 Å². The fourth-order valence-corrected chi connectivity index (χ4v) is 4.78. The minimum atomic E-state index is -1.21. The molecule has 0 aliphatic rings. The molecule has 4 atom stereocenters. The van der Waals surface area contributed by atoms with Gasteiger partial charge in [-0.3, -0.25) is 38.6 Å². The molecule has 7 amide bonds. The molecule has 1 aromatic rings. The second kappa shape index (κ2) is 23.2. The van der Waals surface area contributed by atoms with E-state index in [2.05, 4.69) is 41.5 Å². The molecule has 1 rings (SSSR count). The van der Waals surface area contributed by atoms with Crippen LogP contribution in [-0.4, -0.2) is 94.5 Å². The van der Waals surface area contributed by atoms with Gasteiger partial charge in [0, 0.05) is 51.7 Å². The van der Waals surface area contributed by atoms with Crippen molar-refractivity contribution in [2.75, 3.05) is 13.1 Å². The molecule has 0 unspecified atom stereocenters. The lowest BCUT2D eigenvalue weighted by atomic mass is 10.0. The van der Waals surface area contributed by atoms with Crippen LogP contribution in [-0.2, 0) is 40.0 Å². The molecular weight excluding hydrogens is 640 g/mol. The number of amides is 7. The van der Waals surface area contributed by atoms with Crippen LogP contribution in [0.15, 0.2) is 17.5 Å². The number of unbranched alkanes of at least 4 members (excludes halogenated alkanes) is 3. The monoisotopic (exact) mass is 692 g/mol. The van der Waals surface area contributed by atoms with E-state index in [1.54, 1.807) is 0 Å². The first-order chi connectivity index (χ1) is 23.2. The Balaban J connectivity index is 3.15. The van der Waals surface area contributed by atoms with Crippen molar-refractivity contribution in [3.63, 3.8) is 0 Å². The van der Waals surface area contributed by atoms with Crippen LogP contribution in [0.2, 0.25) is 0 Å². The summed E-state index contributed by atoms with van der Waals surface area (Å²) in [5, 5.41) is 13.2. The molecular formula is C30H52N12O7. The molecule has 1 heterocycles. The lowest BCUT2D eigenvalue weighted by molar-refractivity contribution is -0.134. The Morgan fingerprint density at radius 3 is 1.86 bits per heavy atom. The van der Waals surface area contributed by atoms with Gasteiger partial charge in [0.25, 0.3) is 0 Å². The minimum absolute atomic E-state index is 0.0373. The summed E-state index contributed by atoms with van der Waals surface area (Å²) in [6.07, 6.45) is 6.35. The van der Waals surface area contributed by atoms with Crippen LogP contribution in [0.4, 0.5) is 0 Å². The summed E-state index contributed by atoms with van der Waals surface area (Å²) in [5.74, 6) is -4.04. The number of H-pyrrole nitrogens is 1. The van der Waals surface area contributed by atoms with E-state index in [4.69, 9.17) is 22.9 Å². The first kappa shape index (κ1) is 41.8. The Morgan fingerprint density at radius 1 is 0.714 bits per heavy atom. The number of primary amides is 2. The van der Waals surface area contributed by atoms with Gasteiger partial charge in [-0.2, -0.15) is 0 Å². The third-order valence-corrected chi connectivity index (χ3v) is 7.25. The summed E-state index contributed by atoms with van der Waals surface area (Å²) < 4.78 is 0. The van der Waals surface area contributed by atoms with Gasteiger partial charge in [-0.05, 0) is 44.9 Å². The second-order valence-corrected chi connectivity index (χ2v) is 11.6. The number of carbonyl (C=O) groups is 7. The van der Waals surface area contributed by atoms with Crippen molar-refractivity contribution in [1.29, 1.82) is 0 Å². The maximum absolute atomic E-state index is 13.7. The van der Waals surface area contributed by atoms with Crippen LogP contribution >= 0.6 is 0 Å². The van der Waals surface area contributed by atoms with E-state index in [0.29, 0.717) is 50.8 Å². The number of nitrogens with one attached hydrogen (secondary N) is 6. The predicted octanol–water partition coefficient (Wildman–Crippen LogP) is -2.81. The van der Waals surface area contributed by atoms with Gasteiger partial charge in [-0.1, -0.05) is 12.8 Å². The molecule has 1 aromatic heterocycles. The van der Waals surface area contributed by atoms with Crippen LogP contribution in [0.5, 0.6) is 0 Å². The molecule has 0 saturated heterocycles.